The number of carbonyl (C=O) groups excluding carboxylic acids is 1. The lowest BCUT2D eigenvalue weighted by Gasteiger charge is -2.04. The topological polar surface area (TPSA) is 83.6 Å². The zero-order chi connectivity index (χ0) is 18.0. The smallest absolute Gasteiger partial charge is 0.295 e. The summed E-state index contributed by atoms with van der Waals surface area (Å²) >= 11 is 11.8. The second-order valence-corrected chi connectivity index (χ2v) is 5.98. The summed E-state index contributed by atoms with van der Waals surface area (Å²) in [5.41, 5.74) is 1.45. The van der Waals surface area contributed by atoms with Crippen molar-refractivity contribution < 1.29 is 4.79 Å². The summed E-state index contributed by atoms with van der Waals surface area (Å²) in [5, 5.41) is 16.8. The quantitative estimate of drug-likeness (QED) is 0.753. The number of anilines is 1. The van der Waals surface area contributed by atoms with Crippen LogP contribution >= 0.6 is 23.2 Å². The average molecular weight is 372 g/mol. The van der Waals surface area contributed by atoms with Gasteiger partial charge < -0.3 is 5.32 Å². The molecule has 2 aromatic carbocycles. The van der Waals surface area contributed by atoms with Crippen LogP contribution in [-0.4, -0.2) is 20.7 Å². The molecule has 0 aliphatic heterocycles. The predicted octanol–water partition coefficient (Wildman–Crippen LogP) is 4.01. The van der Waals surface area contributed by atoms with Crippen molar-refractivity contribution in [1.82, 2.24) is 14.8 Å². The molecule has 1 amide bonds. The van der Waals surface area contributed by atoms with Crippen LogP contribution in [0.15, 0.2) is 42.5 Å². The molecule has 8 heteroatoms. The summed E-state index contributed by atoms with van der Waals surface area (Å²) in [5.74, 6) is 0.0872. The number of aromatic nitrogens is 3. The lowest BCUT2D eigenvalue weighted by molar-refractivity contribution is 0.101. The molecule has 0 aliphatic carbocycles. The SMILES string of the molecule is Cc1nc(C(=O)Nc2ccc(Cl)c(C#N)c2)nn1-c1ccc(Cl)cc1. The lowest BCUT2D eigenvalue weighted by Crippen LogP contribution is -2.14. The number of amides is 1. The third kappa shape index (κ3) is 3.63. The Hall–Kier alpha value is -2.88. The molecule has 1 N–H and O–H groups in total. The van der Waals surface area contributed by atoms with Crippen molar-refractivity contribution in [2.75, 3.05) is 5.32 Å². The van der Waals surface area contributed by atoms with E-state index in [0.717, 1.165) is 5.69 Å². The van der Waals surface area contributed by atoms with Gasteiger partial charge in [0.2, 0.25) is 5.82 Å². The molecule has 124 valence electrons. The maximum absolute atomic E-state index is 12.4. The molecule has 25 heavy (non-hydrogen) atoms. The largest absolute Gasteiger partial charge is 0.319 e. The highest BCUT2D eigenvalue weighted by Gasteiger charge is 2.16. The average Bonchev–Trinajstić information content (AvgIpc) is 2.99. The van der Waals surface area contributed by atoms with E-state index in [-0.39, 0.29) is 11.4 Å². The van der Waals surface area contributed by atoms with Gasteiger partial charge in [-0.1, -0.05) is 23.2 Å². The first-order valence-corrected chi connectivity index (χ1v) is 7.94. The molecule has 0 spiro atoms. The second-order valence-electron chi connectivity index (χ2n) is 5.13. The van der Waals surface area contributed by atoms with Crippen LogP contribution in [0, 0.1) is 18.3 Å². The van der Waals surface area contributed by atoms with Crippen LogP contribution in [0.4, 0.5) is 5.69 Å². The maximum atomic E-state index is 12.4. The molecule has 1 aromatic heterocycles. The van der Waals surface area contributed by atoms with E-state index in [9.17, 15) is 4.79 Å². The first-order valence-electron chi connectivity index (χ1n) is 7.18. The van der Waals surface area contributed by atoms with Gasteiger partial charge in [0.15, 0.2) is 0 Å². The van der Waals surface area contributed by atoms with E-state index in [1.54, 1.807) is 48.0 Å². The predicted molar refractivity (Wildman–Crippen MR) is 95.2 cm³/mol. The third-order valence-electron chi connectivity index (χ3n) is 3.39. The highest BCUT2D eigenvalue weighted by Crippen LogP contribution is 2.20. The normalized spacial score (nSPS) is 10.3. The van der Waals surface area contributed by atoms with Gasteiger partial charge in [-0.25, -0.2) is 9.67 Å². The monoisotopic (exact) mass is 371 g/mol. The van der Waals surface area contributed by atoms with Crippen molar-refractivity contribution in [2.45, 2.75) is 6.92 Å². The Kier molecular flexibility index (Phi) is 4.70. The zero-order valence-electron chi connectivity index (χ0n) is 13.0. The number of nitrogens with zero attached hydrogens (tertiary/aromatic N) is 4. The summed E-state index contributed by atoms with van der Waals surface area (Å²) in [4.78, 5) is 16.5. The first kappa shape index (κ1) is 17.0. The van der Waals surface area contributed by atoms with Crippen LogP contribution in [0.2, 0.25) is 10.0 Å². The van der Waals surface area contributed by atoms with Gasteiger partial charge in [0, 0.05) is 10.7 Å². The number of hydrogen-bond acceptors (Lipinski definition) is 4. The highest BCUT2D eigenvalue weighted by molar-refractivity contribution is 6.31. The Morgan fingerprint density at radius 3 is 2.60 bits per heavy atom. The molecule has 0 saturated heterocycles. The Bertz CT molecular complexity index is 989. The first-order chi connectivity index (χ1) is 12.0. The Morgan fingerprint density at radius 1 is 1.20 bits per heavy atom. The fraction of sp³-hybridized carbons (Fsp3) is 0.0588. The minimum Gasteiger partial charge on any atom is -0.319 e. The number of aryl methyl sites for hydroxylation is 1. The molecular formula is C17H11Cl2N5O. The molecule has 0 atom stereocenters. The second kappa shape index (κ2) is 6.93. The number of rotatable bonds is 3. The van der Waals surface area contributed by atoms with Crippen LogP contribution in [0.25, 0.3) is 5.69 Å². The van der Waals surface area contributed by atoms with Gasteiger partial charge >= 0.3 is 0 Å². The Labute approximate surface area is 153 Å². The maximum Gasteiger partial charge on any atom is 0.295 e. The highest BCUT2D eigenvalue weighted by atomic mass is 35.5. The third-order valence-corrected chi connectivity index (χ3v) is 3.97. The number of benzene rings is 2. The van der Waals surface area contributed by atoms with Crippen LogP contribution in [-0.2, 0) is 0 Å². The van der Waals surface area contributed by atoms with E-state index in [0.29, 0.717) is 21.6 Å². The molecule has 0 fully saturated rings. The standard InChI is InChI=1S/C17H11Cl2N5O/c1-10-21-16(23-24(10)14-5-2-12(18)3-6-14)17(25)22-13-4-7-15(19)11(8-13)9-20/h2-8H,1H3,(H,22,25). The van der Waals surface area contributed by atoms with Gasteiger partial charge in [-0.15, -0.1) is 5.10 Å². The number of hydrogen-bond donors (Lipinski definition) is 1. The van der Waals surface area contributed by atoms with E-state index >= 15 is 0 Å². The van der Waals surface area contributed by atoms with Gasteiger partial charge in [0.25, 0.3) is 5.91 Å². The van der Waals surface area contributed by atoms with Crippen LogP contribution < -0.4 is 5.32 Å². The number of nitriles is 1. The molecule has 0 aliphatic rings. The molecule has 6 nitrogen and oxygen atoms in total. The van der Waals surface area contributed by atoms with E-state index in [2.05, 4.69) is 15.4 Å². The minimum absolute atomic E-state index is 0.0147. The fourth-order valence-corrected chi connectivity index (χ4v) is 2.47. The van der Waals surface area contributed by atoms with Crippen molar-refractivity contribution >= 4 is 34.8 Å². The summed E-state index contributed by atoms with van der Waals surface area (Å²) in [6.07, 6.45) is 0. The molecule has 3 rings (SSSR count). The van der Waals surface area contributed by atoms with E-state index in [1.165, 1.54) is 6.07 Å². The number of carbonyl (C=O) groups is 1. The van der Waals surface area contributed by atoms with E-state index < -0.39 is 5.91 Å². The van der Waals surface area contributed by atoms with Crippen molar-refractivity contribution in [1.29, 1.82) is 5.26 Å². The molecular weight excluding hydrogens is 361 g/mol. The van der Waals surface area contributed by atoms with Gasteiger partial charge in [-0.3, -0.25) is 4.79 Å². The molecule has 0 saturated carbocycles. The minimum atomic E-state index is -0.484. The number of halogens is 2. The van der Waals surface area contributed by atoms with Gasteiger partial charge in [0.1, 0.15) is 11.9 Å². The van der Waals surface area contributed by atoms with E-state index in [4.69, 9.17) is 28.5 Å². The lowest BCUT2D eigenvalue weighted by atomic mass is 10.2. The van der Waals surface area contributed by atoms with Crippen molar-refractivity contribution in [3.05, 3.63) is 69.7 Å². The summed E-state index contributed by atoms with van der Waals surface area (Å²) in [6.45, 7) is 1.74. The molecule has 0 unspecified atom stereocenters. The van der Waals surface area contributed by atoms with E-state index in [1.807, 2.05) is 6.07 Å². The molecule has 0 radical (unpaired) electrons. The summed E-state index contributed by atoms with van der Waals surface area (Å²) in [7, 11) is 0. The fourth-order valence-electron chi connectivity index (χ4n) is 2.19. The Morgan fingerprint density at radius 2 is 1.92 bits per heavy atom. The summed E-state index contributed by atoms with van der Waals surface area (Å²) < 4.78 is 1.55. The van der Waals surface area contributed by atoms with Crippen LogP contribution in [0.3, 0.4) is 0 Å². The molecule has 1 heterocycles. The summed E-state index contributed by atoms with van der Waals surface area (Å²) in [6, 6.07) is 13.6. The van der Waals surface area contributed by atoms with Gasteiger partial charge in [-0.05, 0) is 49.4 Å². The molecule has 3 aromatic rings. The van der Waals surface area contributed by atoms with Gasteiger partial charge in [-0.2, -0.15) is 5.26 Å². The zero-order valence-corrected chi connectivity index (χ0v) is 14.5. The van der Waals surface area contributed by atoms with Crippen molar-refractivity contribution in [3.63, 3.8) is 0 Å². The van der Waals surface area contributed by atoms with Crippen molar-refractivity contribution in [3.8, 4) is 11.8 Å². The van der Waals surface area contributed by atoms with Crippen molar-refractivity contribution in [2.24, 2.45) is 0 Å². The van der Waals surface area contributed by atoms with Crippen LogP contribution in [0.5, 0.6) is 0 Å². The number of nitrogens with one attached hydrogen (secondary N) is 1. The molecule has 0 bridgehead atoms. The van der Waals surface area contributed by atoms with Crippen LogP contribution in [0.1, 0.15) is 22.0 Å². The van der Waals surface area contributed by atoms with Gasteiger partial charge in [0.05, 0.1) is 16.3 Å². The Balaban J connectivity index is 1.85.